The van der Waals surface area contributed by atoms with Crippen LogP contribution in [-0.4, -0.2) is 39.6 Å². The highest BCUT2D eigenvalue weighted by molar-refractivity contribution is 7.49. The SMILES string of the molecule is O=P(O)(O)NN(CCCl)CCCl. The molecule has 0 aromatic carbocycles. The molecular formula is C4H11Cl2N2O3P. The summed E-state index contributed by atoms with van der Waals surface area (Å²) in [6, 6.07) is 0. The van der Waals surface area contributed by atoms with Crippen molar-refractivity contribution in [1.82, 2.24) is 10.2 Å². The summed E-state index contributed by atoms with van der Waals surface area (Å²) in [6.45, 7) is 0.665. The zero-order chi connectivity index (χ0) is 9.61. The molecule has 0 atom stereocenters. The van der Waals surface area contributed by atoms with Crippen molar-refractivity contribution >= 4 is 30.9 Å². The van der Waals surface area contributed by atoms with Crippen LogP contribution in [0.5, 0.6) is 0 Å². The molecular weight excluding hydrogens is 226 g/mol. The maximum Gasteiger partial charge on any atom is 0.413 e. The number of hydrogen-bond acceptors (Lipinski definition) is 2. The van der Waals surface area contributed by atoms with E-state index in [0.29, 0.717) is 13.1 Å². The highest BCUT2D eigenvalue weighted by atomic mass is 35.5. The van der Waals surface area contributed by atoms with Gasteiger partial charge in [0.25, 0.3) is 0 Å². The van der Waals surface area contributed by atoms with Crippen LogP contribution < -0.4 is 5.20 Å². The number of nitrogens with one attached hydrogen (secondary N) is 1. The molecule has 0 unspecified atom stereocenters. The van der Waals surface area contributed by atoms with Gasteiger partial charge in [-0.2, -0.15) is 5.20 Å². The summed E-state index contributed by atoms with van der Waals surface area (Å²) in [7, 11) is -4.22. The molecule has 74 valence electrons. The molecule has 0 aliphatic carbocycles. The maximum atomic E-state index is 10.4. The van der Waals surface area contributed by atoms with E-state index in [1.54, 1.807) is 0 Å². The summed E-state index contributed by atoms with van der Waals surface area (Å²) >= 11 is 10.8. The van der Waals surface area contributed by atoms with E-state index in [0.717, 1.165) is 0 Å². The second kappa shape index (κ2) is 6.16. The molecule has 0 aliphatic heterocycles. The number of alkyl halides is 2. The summed E-state index contributed by atoms with van der Waals surface area (Å²) in [5.74, 6) is 0.563. The fourth-order valence-corrected chi connectivity index (χ4v) is 1.58. The van der Waals surface area contributed by atoms with Crippen molar-refractivity contribution in [3.8, 4) is 0 Å². The highest BCUT2D eigenvalue weighted by Crippen LogP contribution is 2.28. The Morgan fingerprint density at radius 1 is 1.25 bits per heavy atom. The minimum atomic E-state index is -4.22. The van der Waals surface area contributed by atoms with Crippen molar-refractivity contribution in [2.45, 2.75) is 0 Å². The minimum absolute atomic E-state index is 0.282. The van der Waals surface area contributed by atoms with Crippen LogP contribution in [0.1, 0.15) is 0 Å². The van der Waals surface area contributed by atoms with E-state index >= 15 is 0 Å². The molecule has 0 spiro atoms. The first-order valence-corrected chi connectivity index (χ1v) is 5.88. The Hall–Kier alpha value is 0.650. The van der Waals surface area contributed by atoms with Gasteiger partial charge in [-0.05, 0) is 0 Å². The van der Waals surface area contributed by atoms with Crippen LogP contribution in [0.15, 0.2) is 0 Å². The van der Waals surface area contributed by atoms with Gasteiger partial charge in [0.2, 0.25) is 0 Å². The third-order valence-electron chi connectivity index (χ3n) is 0.981. The molecule has 12 heavy (non-hydrogen) atoms. The number of halogens is 2. The van der Waals surface area contributed by atoms with Crippen molar-refractivity contribution in [2.24, 2.45) is 0 Å². The third-order valence-corrected chi connectivity index (χ3v) is 1.86. The number of nitrogens with zero attached hydrogens (tertiary/aromatic N) is 1. The summed E-state index contributed by atoms with van der Waals surface area (Å²) in [5.41, 5.74) is 0. The van der Waals surface area contributed by atoms with Crippen molar-refractivity contribution in [3.63, 3.8) is 0 Å². The van der Waals surface area contributed by atoms with Gasteiger partial charge in [0, 0.05) is 24.8 Å². The summed E-state index contributed by atoms with van der Waals surface area (Å²) in [5, 5.41) is 3.28. The fraction of sp³-hybridized carbons (Fsp3) is 1.00. The van der Waals surface area contributed by atoms with E-state index in [1.165, 1.54) is 5.01 Å². The van der Waals surface area contributed by atoms with Crippen LogP contribution in [-0.2, 0) is 4.57 Å². The first kappa shape index (κ1) is 12.7. The van der Waals surface area contributed by atoms with Gasteiger partial charge in [0.05, 0.1) is 0 Å². The predicted molar refractivity (Wildman–Crippen MR) is 48.2 cm³/mol. The largest absolute Gasteiger partial charge is 0.413 e. The molecule has 0 aromatic heterocycles. The van der Waals surface area contributed by atoms with Gasteiger partial charge in [-0.15, -0.1) is 23.2 Å². The molecule has 0 bridgehead atoms. The Labute approximate surface area is 80.8 Å². The second-order valence-electron chi connectivity index (χ2n) is 2.01. The molecule has 0 rings (SSSR count). The predicted octanol–water partition coefficient (Wildman–Crippen LogP) is 0.363. The van der Waals surface area contributed by atoms with Gasteiger partial charge in [-0.25, -0.2) is 9.57 Å². The number of rotatable bonds is 6. The molecule has 0 aliphatic rings. The molecule has 0 saturated heterocycles. The lowest BCUT2D eigenvalue weighted by molar-refractivity contribution is 0.226. The van der Waals surface area contributed by atoms with Crippen LogP contribution in [0.2, 0.25) is 0 Å². The fourth-order valence-electron chi connectivity index (χ4n) is 0.600. The van der Waals surface area contributed by atoms with Crippen LogP contribution in [0.3, 0.4) is 0 Å². The van der Waals surface area contributed by atoms with E-state index in [4.69, 9.17) is 33.0 Å². The van der Waals surface area contributed by atoms with Gasteiger partial charge < -0.3 is 9.79 Å². The molecule has 0 saturated carbocycles. The van der Waals surface area contributed by atoms with Crippen LogP contribution in [0.4, 0.5) is 0 Å². The normalized spacial score (nSPS) is 12.4. The average Bonchev–Trinajstić information content (AvgIpc) is 1.84. The Morgan fingerprint density at radius 3 is 1.92 bits per heavy atom. The summed E-state index contributed by atoms with van der Waals surface area (Å²) in [6.07, 6.45) is 0. The van der Waals surface area contributed by atoms with Gasteiger partial charge in [0.1, 0.15) is 0 Å². The second-order valence-corrected chi connectivity index (χ2v) is 4.05. The first-order valence-electron chi connectivity index (χ1n) is 3.20. The van der Waals surface area contributed by atoms with Gasteiger partial charge in [-0.1, -0.05) is 0 Å². The van der Waals surface area contributed by atoms with Crippen molar-refractivity contribution in [3.05, 3.63) is 0 Å². The molecule has 5 nitrogen and oxygen atoms in total. The lowest BCUT2D eigenvalue weighted by Crippen LogP contribution is -2.38. The number of hydrazine groups is 1. The summed E-state index contributed by atoms with van der Waals surface area (Å²) in [4.78, 5) is 17.0. The van der Waals surface area contributed by atoms with Gasteiger partial charge in [-0.3, -0.25) is 0 Å². The lowest BCUT2D eigenvalue weighted by atomic mass is 10.6. The van der Waals surface area contributed by atoms with Crippen LogP contribution in [0, 0.1) is 0 Å². The molecule has 0 heterocycles. The van der Waals surface area contributed by atoms with Crippen LogP contribution >= 0.6 is 30.9 Å². The smallest absolute Gasteiger partial charge is 0.312 e. The zero-order valence-electron chi connectivity index (χ0n) is 6.28. The first-order chi connectivity index (χ1) is 5.49. The molecule has 0 radical (unpaired) electrons. The molecule has 3 N–H and O–H groups in total. The molecule has 8 heteroatoms. The monoisotopic (exact) mass is 236 g/mol. The van der Waals surface area contributed by atoms with Gasteiger partial charge in [0.15, 0.2) is 0 Å². The topological polar surface area (TPSA) is 72.8 Å². The van der Waals surface area contributed by atoms with E-state index in [2.05, 4.69) is 0 Å². The Morgan fingerprint density at radius 2 is 1.67 bits per heavy atom. The third kappa shape index (κ3) is 7.31. The van der Waals surface area contributed by atoms with E-state index in [1.807, 2.05) is 5.20 Å². The minimum Gasteiger partial charge on any atom is -0.312 e. The van der Waals surface area contributed by atoms with E-state index in [9.17, 15) is 4.57 Å². The maximum absolute atomic E-state index is 10.4. The Balaban J connectivity index is 3.86. The molecule has 0 amide bonds. The van der Waals surface area contributed by atoms with E-state index in [-0.39, 0.29) is 11.8 Å². The average molecular weight is 237 g/mol. The van der Waals surface area contributed by atoms with Crippen molar-refractivity contribution in [2.75, 3.05) is 24.8 Å². The molecule has 0 fully saturated rings. The van der Waals surface area contributed by atoms with E-state index < -0.39 is 7.75 Å². The van der Waals surface area contributed by atoms with Gasteiger partial charge >= 0.3 is 7.75 Å². The van der Waals surface area contributed by atoms with Crippen LogP contribution in [0.25, 0.3) is 0 Å². The lowest BCUT2D eigenvalue weighted by Gasteiger charge is -2.21. The standard InChI is InChI=1S/C4H11Cl2N2O3P/c5-1-3-8(4-2-6)7-12(9,10)11/h1-4H2,(H3,7,9,10,11). The molecule has 0 aromatic rings. The highest BCUT2D eigenvalue weighted by Gasteiger charge is 2.16. The number of hydrogen-bond donors (Lipinski definition) is 3. The Bertz CT molecular complexity index is 158. The zero-order valence-corrected chi connectivity index (χ0v) is 8.69. The quantitative estimate of drug-likeness (QED) is 0.353. The Kier molecular flexibility index (Phi) is 6.49. The van der Waals surface area contributed by atoms with Crippen molar-refractivity contribution < 1.29 is 14.4 Å². The summed E-state index contributed by atoms with van der Waals surface area (Å²) < 4.78 is 10.4. The van der Waals surface area contributed by atoms with Crippen molar-refractivity contribution in [1.29, 1.82) is 0 Å².